The fourth-order valence-electron chi connectivity index (χ4n) is 2.35. The second-order valence-corrected chi connectivity index (χ2v) is 6.27. The number of aromatic nitrogens is 3. The zero-order chi connectivity index (χ0) is 16.2. The second kappa shape index (κ2) is 6.87. The van der Waals surface area contributed by atoms with E-state index in [2.05, 4.69) is 82.5 Å². The van der Waals surface area contributed by atoms with Crippen molar-refractivity contribution in [3.8, 4) is 5.69 Å². The molecule has 0 saturated carbocycles. The molecule has 0 unspecified atom stereocenters. The summed E-state index contributed by atoms with van der Waals surface area (Å²) in [5, 5.41) is 13.0. The Bertz CT molecular complexity index is 776. The third kappa shape index (κ3) is 3.56. The highest BCUT2D eigenvalue weighted by molar-refractivity contribution is 7.98. The maximum atomic E-state index is 4.35. The minimum absolute atomic E-state index is 0.629. The number of hydrogen-bond donors (Lipinski definition) is 1. The number of nitrogens with zero attached hydrogens (tertiary/aromatic N) is 3. The first-order valence-corrected chi connectivity index (χ1v) is 8.75. The molecule has 1 N–H and O–H groups in total. The molecule has 1 heterocycles. The molecule has 0 spiro atoms. The van der Waals surface area contributed by atoms with E-state index in [1.807, 2.05) is 6.26 Å². The Hall–Kier alpha value is -2.27. The van der Waals surface area contributed by atoms with Gasteiger partial charge in [0.05, 0.1) is 6.54 Å². The normalized spacial score (nSPS) is 10.7. The molecule has 0 aliphatic carbocycles. The van der Waals surface area contributed by atoms with E-state index in [1.54, 1.807) is 11.8 Å². The van der Waals surface area contributed by atoms with Crippen molar-refractivity contribution in [3.05, 3.63) is 65.5 Å². The van der Waals surface area contributed by atoms with Gasteiger partial charge < -0.3 is 5.32 Å². The number of anilines is 1. The molecule has 2 aromatic carbocycles. The van der Waals surface area contributed by atoms with Crippen molar-refractivity contribution in [1.29, 1.82) is 0 Å². The lowest BCUT2D eigenvalue weighted by Crippen LogP contribution is -2.08. The van der Waals surface area contributed by atoms with Gasteiger partial charge >= 0.3 is 0 Å². The number of thioether (sulfide) groups is 1. The minimum atomic E-state index is 0.629. The molecule has 3 rings (SSSR count). The quantitative estimate of drug-likeness (QED) is 0.714. The van der Waals surface area contributed by atoms with Gasteiger partial charge in [0.25, 0.3) is 0 Å². The fourth-order valence-corrected chi connectivity index (χ4v) is 2.87. The highest BCUT2D eigenvalue weighted by Gasteiger charge is 2.13. The minimum Gasteiger partial charge on any atom is -0.378 e. The Morgan fingerprint density at radius 3 is 2.13 bits per heavy atom. The monoisotopic (exact) mass is 324 g/mol. The molecule has 0 aliphatic heterocycles. The zero-order valence-corrected chi connectivity index (χ0v) is 14.4. The van der Waals surface area contributed by atoms with Crippen molar-refractivity contribution in [2.24, 2.45) is 0 Å². The van der Waals surface area contributed by atoms with Gasteiger partial charge in [-0.3, -0.25) is 4.57 Å². The Labute approximate surface area is 141 Å². The topological polar surface area (TPSA) is 42.7 Å². The summed E-state index contributed by atoms with van der Waals surface area (Å²) in [5.74, 6) is 0.902. The summed E-state index contributed by atoms with van der Waals surface area (Å²) in [6.45, 7) is 4.80. The highest BCUT2D eigenvalue weighted by atomic mass is 32.2. The van der Waals surface area contributed by atoms with Crippen molar-refractivity contribution in [2.45, 2.75) is 25.5 Å². The summed E-state index contributed by atoms with van der Waals surface area (Å²) in [7, 11) is 0. The molecule has 23 heavy (non-hydrogen) atoms. The Kier molecular flexibility index (Phi) is 4.67. The van der Waals surface area contributed by atoms with Crippen LogP contribution in [-0.4, -0.2) is 21.0 Å². The lowest BCUT2D eigenvalue weighted by atomic mass is 10.2. The van der Waals surface area contributed by atoms with Gasteiger partial charge in [0.15, 0.2) is 11.0 Å². The number of aryl methyl sites for hydroxylation is 2. The Morgan fingerprint density at radius 2 is 1.52 bits per heavy atom. The SMILES string of the molecule is CSc1nnc(CNc2ccc(C)cc2)n1-c1ccc(C)cc1. The first kappa shape index (κ1) is 15.6. The highest BCUT2D eigenvalue weighted by Crippen LogP contribution is 2.21. The third-order valence-corrected chi connectivity index (χ3v) is 4.31. The molecule has 0 saturated heterocycles. The summed E-state index contributed by atoms with van der Waals surface area (Å²) in [6.07, 6.45) is 2.02. The molecular formula is C18H20N4S. The molecule has 3 aromatic rings. The largest absolute Gasteiger partial charge is 0.378 e. The van der Waals surface area contributed by atoms with Crippen LogP contribution < -0.4 is 5.32 Å². The number of rotatable bonds is 5. The van der Waals surface area contributed by atoms with Crippen LogP contribution in [0.1, 0.15) is 17.0 Å². The van der Waals surface area contributed by atoms with Crippen LogP contribution in [-0.2, 0) is 6.54 Å². The molecule has 0 bridgehead atoms. The summed E-state index contributed by atoms with van der Waals surface area (Å²) < 4.78 is 2.10. The predicted molar refractivity (Wildman–Crippen MR) is 96.4 cm³/mol. The van der Waals surface area contributed by atoms with E-state index >= 15 is 0 Å². The van der Waals surface area contributed by atoms with Crippen LogP contribution in [0.2, 0.25) is 0 Å². The van der Waals surface area contributed by atoms with Crippen LogP contribution in [0.4, 0.5) is 5.69 Å². The first-order valence-electron chi connectivity index (χ1n) is 7.53. The molecular weight excluding hydrogens is 304 g/mol. The third-order valence-electron chi connectivity index (χ3n) is 3.68. The molecule has 4 nitrogen and oxygen atoms in total. The molecule has 0 aliphatic rings. The summed E-state index contributed by atoms with van der Waals surface area (Å²) in [5.41, 5.74) is 4.67. The van der Waals surface area contributed by atoms with Gasteiger partial charge in [-0.2, -0.15) is 0 Å². The van der Waals surface area contributed by atoms with Crippen molar-refractivity contribution >= 4 is 17.4 Å². The van der Waals surface area contributed by atoms with Crippen molar-refractivity contribution in [3.63, 3.8) is 0 Å². The van der Waals surface area contributed by atoms with E-state index in [-0.39, 0.29) is 0 Å². The first-order chi connectivity index (χ1) is 11.2. The molecule has 0 fully saturated rings. The van der Waals surface area contributed by atoms with E-state index in [9.17, 15) is 0 Å². The lowest BCUT2D eigenvalue weighted by Gasteiger charge is -2.11. The molecule has 118 valence electrons. The Morgan fingerprint density at radius 1 is 0.913 bits per heavy atom. The Balaban J connectivity index is 1.86. The lowest BCUT2D eigenvalue weighted by molar-refractivity contribution is 0.842. The molecule has 0 radical (unpaired) electrons. The van der Waals surface area contributed by atoms with Gasteiger partial charge in [0.1, 0.15) is 0 Å². The van der Waals surface area contributed by atoms with E-state index < -0.39 is 0 Å². The predicted octanol–water partition coefficient (Wildman–Crippen LogP) is 4.22. The molecule has 0 amide bonds. The van der Waals surface area contributed by atoms with E-state index in [1.165, 1.54) is 11.1 Å². The van der Waals surface area contributed by atoms with Gasteiger partial charge in [-0.05, 0) is 44.4 Å². The van der Waals surface area contributed by atoms with Crippen LogP contribution in [0.5, 0.6) is 0 Å². The van der Waals surface area contributed by atoms with Gasteiger partial charge in [0.2, 0.25) is 0 Å². The average molecular weight is 324 g/mol. The van der Waals surface area contributed by atoms with Crippen LogP contribution >= 0.6 is 11.8 Å². The number of benzene rings is 2. The smallest absolute Gasteiger partial charge is 0.195 e. The number of hydrogen-bond acceptors (Lipinski definition) is 4. The average Bonchev–Trinajstić information content (AvgIpc) is 2.98. The van der Waals surface area contributed by atoms with Crippen LogP contribution in [0.15, 0.2) is 53.7 Å². The van der Waals surface area contributed by atoms with Crippen molar-refractivity contribution in [2.75, 3.05) is 11.6 Å². The molecule has 1 aromatic heterocycles. The summed E-state index contributed by atoms with van der Waals surface area (Å²) >= 11 is 1.60. The van der Waals surface area contributed by atoms with Crippen LogP contribution in [0, 0.1) is 13.8 Å². The maximum absolute atomic E-state index is 4.35. The van der Waals surface area contributed by atoms with E-state index in [4.69, 9.17) is 0 Å². The van der Waals surface area contributed by atoms with Crippen molar-refractivity contribution in [1.82, 2.24) is 14.8 Å². The second-order valence-electron chi connectivity index (χ2n) is 5.49. The van der Waals surface area contributed by atoms with E-state index in [0.29, 0.717) is 6.54 Å². The van der Waals surface area contributed by atoms with Gasteiger partial charge in [0, 0.05) is 11.4 Å². The van der Waals surface area contributed by atoms with E-state index in [0.717, 1.165) is 22.4 Å². The molecule has 0 atom stereocenters. The van der Waals surface area contributed by atoms with Gasteiger partial charge in [-0.15, -0.1) is 10.2 Å². The zero-order valence-electron chi connectivity index (χ0n) is 13.6. The van der Waals surface area contributed by atoms with Gasteiger partial charge in [-0.25, -0.2) is 0 Å². The number of nitrogens with one attached hydrogen (secondary N) is 1. The fraction of sp³-hybridized carbons (Fsp3) is 0.222. The van der Waals surface area contributed by atoms with Gasteiger partial charge in [-0.1, -0.05) is 47.2 Å². The van der Waals surface area contributed by atoms with Crippen LogP contribution in [0.3, 0.4) is 0 Å². The maximum Gasteiger partial charge on any atom is 0.195 e. The standard InChI is InChI=1S/C18H20N4S/c1-13-4-8-15(9-5-13)19-12-17-20-21-18(23-3)22(17)16-10-6-14(2)7-11-16/h4-11,19H,12H2,1-3H3. The summed E-state index contributed by atoms with van der Waals surface area (Å²) in [6, 6.07) is 16.8. The van der Waals surface area contributed by atoms with Crippen LogP contribution in [0.25, 0.3) is 5.69 Å². The summed E-state index contributed by atoms with van der Waals surface area (Å²) in [4.78, 5) is 0. The molecule has 5 heteroatoms. The van der Waals surface area contributed by atoms with Crippen molar-refractivity contribution < 1.29 is 0 Å².